The number of nitrogens with one attached hydrogen (secondary N) is 2. The summed E-state index contributed by atoms with van der Waals surface area (Å²) in [5.41, 5.74) is -0.627. The van der Waals surface area contributed by atoms with Crippen LogP contribution in [0.25, 0.3) is 0 Å². The molecule has 1 aliphatic rings. The van der Waals surface area contributed by atoms with Crippen LogP contribution in [0.15, 0.2) is 0 Å². The lowest BCUT2D eigenvalue weighted by molar-refractivity contribution is -0.124. The van der Waals surface area contributed by atoms with Gasteiger partial charge in [0, 0.05) is 0 Å². The van der Waals surface area contributed by atoms with Crippen molar-refractivity contribution >= 4 is 12.0 Å². The van der Waals surface area contributed by atoms with E-state index in [4.69, 9.17) is 9.47 Å². The molecule has 0 saturated carbocycles. The van der Waals surface area contributed by atoms with Crippen LogP contribution in [0.1, 0.15) is 41.0 Å². The highest BCUT2D eigenvalue weighted by atomic mass is 16.6. The SMILES string of the molecule is CC(C)CC(NC(=O)OC(C)(C)C)C(=O)NC1COC[C@H]1O. The fraction of sp³-hybridized carbons (Fsp3) is 0.867. The second kappa shape index (κ2) is 7.78. The van der Waals surface area contributed by atoms with E-state index in [0.29, 0.717) is 6.42 Å². The lowest BCUT2D eigenvalue weighted by Gasteiger charge is -2.25. The first kappa shape index (κ1) is 18.7. The van der Waals surface area contributed by atoms with Gasteiger partial charge in [-0.05, 0) is 33.1 Å². The summed E-state index contributed by atoms with van der Waals surface area (Å²) >= 11 is 0. The molecule has 1 heterocycles. The molecular weight excluding hydrogens is 288 g/mol. The van der Waals surface area contributed by atoms with Gasteiger partial charge in [-0.2, -0.15) is 0 Å². The van der Waals surface area contributed by atoms with Gasteiger partial charge < -0.3 is 25.2 Å². The number of alkyl carbamates (subject to hydrolysis) is 1. The first-order valence-electron chi connectivity index (χ1n) is 7.64. The van der Waals surface area contributed by atoms with Gasteiger partial charge >= 0.3 is 6.09 Å². The average Bonchev–Trinajstić information content (AvgIpc) is 2.71. The van der Waals surface area contributed by atoms with Crippen LogP contribution >= 0.6 is 0 Å². The van der Waals surface area contributed by atoms with Gasteiger partial charge in [0.2, 0.25) is 5.91 Å². The van der Waals surface area contributed by atoms with Gasteiger partial charge in [-0.25, -0.2) is 4.79 Å². The van der Waals surface area contributed by atoms with Crippen molar-refractivity contribution in [2.75, 3.05) is 13.2 Å². The number of hydrogen-bond donors (Lipinski definition) is 3. The number of ether oxygens (including phenoxy) is 2. The Bertz CT molecular complexity index is 392. The summed E-state index contributed by atoms with van der Waals surface area (Å²) in [5, 5.41) is 15.0. The average molecular weight is 316 g/mol. The maximum absolute atomic E-state index is 12.3. The molecule has 1 aliphatic heterocycles. The summed E-state index contributed by atoms with van der Waals surface area (Å²) in [6.07, 6.45) is -0.865. The van der Waals surface area contributed by atoms with Crippen LogP contribution in [-0.2, 0) is 14.3 Å². The van der Waals surface area contributed by atoms with Gasteiger partial charge in [0.05, 0.1) is 25.4 Å². The van der Waals surface area contributed by atoms with Crippen LogP contribution < -0.4 is 10.6 Å². The molecule has 0 aromatic carbocycles. The van der Waals surface area contributed by atoms with Crippen LogP contribution in [0.4, 0.5) is 4.79 Å². The van der Waals surface area contributed by atoms with E-state index in [1.165, 1.54) is 0 Å². The summed E-state index contributed by atoms with van der Waals surface area (Å²) in [6.45, 7) is 9.69. The van der Waals surface area contributed by atoms with Crippen LogP contribution in [0.2, 0.25) is 0 Å². The Morgan fingerprint density at radius 3 is 2.41 bits per heavy atom. The van der Waals surface area contributed by atoms with E-state index in [2.05, 4.69) is 10.6 Å². The summed E-state index contributed by atoms with van der Waals surface area (Å²) in [7, 11) is 0. The molecule has 2 amide bonds. The van der Waals surface area contributed by atoms with Gasteiger partial charge in [-0.15, -0.1) is 0 Å². The molecule has 7 nitrogen and oxygen atoms in total. The Labute approximate surface area is 131 Å². The first-order valence-corrected chi connectivity index (χ1v) is 7.64. The summed E-state index contributed by atoms with van der Waals surface area (Å²) < 4.78 is 10.3. The van der Waals surface area contributed by atoms with Gasteiger partial charge in [-0.1, -0.05) is 13.8 Å². The molecule has 0 bridgehead atoms. The van der Waals surface area contributed by atoms with Crippen molar-refractivity contribution in [1.82, 2.24) is 10.6 Å². The fourth-order valence-corrected chi connectivity index (χ4v) is 2.12. The van der Waals surface area contributed by atoms with Crippen molar-refractivity contribution in [3.63, 3.8) is 0 Å². The van der Waals surface area contributed by atoms with Crippen LogP contribution in [0.3, 0.4) is 0 Å². The largest absolute Gasteiger partial charge is 0.444 e. The number of carbonyl (C=O) groups excluding carboxylic acids is 2. The van der Waals surface area contributed by atoms with Crippen molar-refractivity contribution in [3.8, 4) is 0 Å². The molecule has 1 fully saturated rings. The van der Waals surface area contributed by atoms with E-state index in [1.54, 1.807) is 20.8 Å². The second-order valence-corrected chi connectivity index (χ2v) is 7.05. The molecule has 0 aromatic heterocycles. The molecule has 0 aromatic rings. The highest BCUT2D eigenvalue weighted by molar-refractivity contribution is 5.86. The standard InChI is InChI=1S/C15H28N2O5/c1-9(2)6-10(17-14(20)22-15(3,4)5)13(19)16-11-7-21-8-12(11)18/h9-12,18H,6-8H2,1-5H3,(H,16,19)(H,17,20)/t10?,11?,12-/m1/s1. The van der Waals surface area contributed by atoms with E-state index in [1.807, 2.05) is 13.8 Å². The topological polar surface area (TPSA) is 96.9 Å². The van der Waals surface area contributed by atoms with Gasteiger partial charge in [0.1, 0.15) is 11.6 Å². The normalized spacial score (nSPS) is 23.2. The molecule has 0 spiro atoms. The Balaban J connectivity index is 2.62. The predicted molar refractivity (Wildman–Crippen MR) is 81.4 cm³/mol. The van der Waals surface area contributed by atoms with E-state index >= 15 is 0 Å². The number of hydrogen-bond acceptors (Lipinski definition) is 5. The van der Waals surface area contributed by atoms with Crippen LogP contribution in [0, 0.1) is 5.92 Å². The Hall–Kier alpha value is -1.34. The molecule has 3 N–H and O–H groups in total. The minimum Gasteiger partial charge on any atom is -0.444 e. The Morgan fingerprint density at radius 1 is 1.32 bits per heavy atom. The van der Waals surface area contributed by atoms with Crippen LogP contribution in [0.5, 0.6) is 0 Å². The zero-order valence-electron chi connectivity index (χ0n) is 14.0. The number of aliphatic hydroxyl groups excluding tert-OH is 1. The monoisotopic (exact) mass is 316 g/mol. The first-order chi connectivity index (χ1) is 10.1. The third kappa shape index (κ3) is 6.62. The van der Waals surface area contributed by atoms with E-state index in [9.17, 15) is 14.7 Å². The van der Waals surface area contributed by atoms with Crippen molar-refractivity contribution in [3.05, 3.63) is 0 Å². The van der Waals surface area contributed by atoms with Crippen molar-refractivity contribution in [1.29, 1.82) is 0 Å². The number of amides is 2. The molecule has 128 valence electrons. The summed E-state index contributed by atoms with van der Waals surface area (Å²) in [5.74, 6) is -0.121. The summed E-state index contributed by atoms with van der Waals surface area (Å²) in [4.78, 5) is 24.2. The van der Waals surface area contributed by atoms with Gasteiger partial charge in [0.25, 0.3) is 0 Å². The second-order valence-electron chi connectivity index (χ2n) is 7.05. The number of rotatable bonds is 5. The van der Waals surface area contributed by atoms with Crippen molar-refractivity contribution in [2.45, 2.75) is 64.8 Å². The lowest BCUT2D eigenvalue weighted by Crippen LogP contribution is -2.53. The lowest BCUT2D eigenvalue weighted by atomic mass is 10.0. The summed E-state index contributed by atoms with van der Waals surface area (Å²) in [6, 6.07) is -1.15. The third-order valence-electron chi connectivity index (χ3n) is 3.09. The van der Waals surface area contributed by atoms with Gasteiger partial charge in [-0.3, -0.25) is 4.79 Å². The van der Waals surface area contributed by atoms with E-state index in [-0.39, 0.29) is 25.0 Å². The molecule has 0 aliphatic carbocycles. The van der Waals surface area contributed by atoms with E-state index < -0.39 is 29.9 Å². The molecule has 7 heteroatoms. The molecule has 22 heavy (non-hydrogen) atoms. The smallest absolute Gasteiger partial charge is 0.408 e. The molecule has 1 saturated heterocycles. The maximum atomic E-state index is 12.3. The fourth-order valence-electron chi connectivity index (χ4n) is 2.12. The number of carbonyl (C=O) groups is 2. The minimum absolute atomic E-state index is 0.208. The molecular formula is C15H28N2O5. The van der Waals surface area contributed by atoms with E-state index in [0.717, 1.165) is 0 Å². The molecule has 0 radical (unpaired) electrons. The van der Waals surface area contributed by atoms with Crippen LogP contribution in [-0.4, -0.2) is 54.1 Å². The minimum atomic E-state index is -0.717. The zero-order valence-corrected chi connectivity index (χ0v) is 14.0. The molecule has 2 unspecified atom stereocenters. The molecule has 3 atom stereocenters. The Morgan fingerprint density at radius 2 is 1.95 bits per heavy atom. The zero-order chi connectivity index (χ0) is 16.9. The highest BCUT2D eigenvalue weighted by Gasteiger charge is 2.31. The highest BCUT2D eigenvalue weighted by Crippen LogP contribution is 2.11. The molecule has 1 rings (SSSR count). The van der Waals surface area contributed by atoms with Crippen molar-refractivity contribution < 1.29 is 24.2 Å². The third-order valence-corrected chi connectivity index (χ3v) is 3.09. The maximum Gasteiger partial charge on any atom is 0.408 e. The predicted octanol–water partition coefficient (Wildman–Crippen LogP) is 0.802. The quantitative estimate of drug-likeness (QED) is 0.697. The van der Waals surface area contributed by atoms with Crippen molar-refractivity contribution in [2.24, 2.45) is 5.92 Å². The number of aliphatic hydroxyl groups is 1. The van der Waals surface area contributed by atoms with Gasteiger partial charge in [0.15, 0.2) is 0 Å². The Kier molecular flexibility index (Phi) is 6.62.